The molecule has 2 aromatic heterocycles. The van der Waals surface area contributed by atoms with E-state index in [0.29, 0.717) is 5.75 Å². The van der Waals surface area contributed by atoms with Gasteiger partial charge in [0.1, 0.15) is 36.3 Å². The number of nitrogens with one attached hydrogen (secondary N) is 2. The van der Waals surface area contributed by atoms with Crippen molar-refractivity contribution in [3.8, 4) is 0 Å². The third-order valence-corrected chi connectivity index (χ3v) is 11.3. The Morgan fingerprint density at radius 2 is 1.78 bits per heavy atom. The van der Waals surface area contributed by atoms with Gasteiger partial charge in [-0.05, 0) is 6.92 Å². The van der Waals surface area contributed by atoms with Crippen molar-refractivity contribution in [3.63, 3.8) is 0 Å². The zero-order valence-corrected chi connectivity index (χ0v) is 32.4. The van der Waals surface area contributed by atoms with Gasteiger partial charge in [0.15, 0.2) is 22.8 Å². The first kappa shape index (κ1) is 45.7. The zero-order valence-electron chi connectivity index (χ0n) is 28.9. The number of rotatable bonds is 21. The van der Waals surface area contributed by atoms with Crippen LogP contribution in [0.15, 0.2) is 24.8 Å². The second kappa shape index (κ2) is 19.4. The highest BCUT2D eigenvalue weighted by Crippen LogP contribution is 2.61. The van der Waals surface area contributed by atoms with Crippen molar-refractivity contribution < 1.29 is 80.5 Å². The minimum atomic E-state index is -5.56. The van der Waals surface area contributed by atoms with E-state index in [1.54, 1.807) is 19.1 Å². The van der Waals surface area contributed by atoms with Crippen molar-refractivity contribution in [2.75, 3.05) is 37.8 Å². The molecule has 2 aromatic rings. The number of ether oxygens (including phenoxy) is 1. The van der Waals surface area contributed by atoms with Gasteiger partial charge < -0.3 is 50.9 Å². The van der Waals surface area contributed by atoms with Gasteiger partial charge in [0, 0.05) is 37.1 Å². The molecule has 3 rings (SSSR count). The van der Waals surface area contributed by atoms with Crippen molar-refractivity contribution >= 4 is 69.1 Å². The monoisotopic (exact) mass is 849 g/mol. The summed E-state index contributed by atoms with van der Waals surface area (Å²) in [5.41, 5.74) is 4.26. The van der Waals surface area contributed by atoms with Crippen LogP contribution in [0.2, 0.25) is 0 Å². The Morgan fingerprint density at radius 1 is 1.09 bits per heavy atom. The minimum Gasteiger partial charge on any atom is -0.386 e. The second-order valence-electron chi connectivity index (χ2n) is 12.1. The van der Waals surface area contributed by atoms with Crippen LogP contribution in [0, 0.1) is 5.41 Å². The molecular weight excluding hydrogens is 807 g/mol. The number of amides is 2. The number of nitrogens with zero attached hydrogens (tertiary/aromatic N) is 4. The zero-order chi connectivity index (χ0) is 40.5. The van der Waals surface area contributed by atoms with E-state index in [1.807, 2.05) is 0 Å². The van der Waals surface area contributed by atoms with Crippen LogP contribution in [-0.2, 0) is 50.7 Å². The lowest BCUT2D eigenvalue weighted by molar-refractivity contribution is -0.137. The van der Waals surface area contributed by atoms with E-state index in [9.17, 15) is 57.9 Å². The number of imidazole rings is 1. The van der Waals surface area contributed by atoms with Crippen LogP contribution in [0.3, 0.4) is 0 Å². The van der Waals surface area contributed by atoms with Crippen LogP contribution in [0.5, 0.6) is 0 Å². The molecule has 24 nitrogen and oxygen atoms in total. The molecule has 1 fully saturated rings. The van der Waals surface area contributed by atoms with Crippen molar-refractivity contribution in [2.45, 2.75) is 64.3 Å². The van der Waals surface area contributed by atoms with Crippen molar-refractivity contribution in [3.05, 3.63) is 24.8 Å². The molecule has 3 heterocycles. The Balaban J connectivity index is 1.51. The molecule has 1 saturated heterocycles. The number of phosphoric ester groups is 3. The Labute approximate surface area is 311 Å². The molecule has 7 atom stereocenters. The summed E-state index contributed by atoms with van der Waals surface area (Å²) >= 11 is 1.06. The number of nitrogens with two attached hydrogens (primary N) is 1. The third-order valence-electron chi connectivity index (χ3n) is 7.29. The first-order chi connectivity index (χ1) is 25.1. The number of fused-ring (bicyclic) bond motifs is 1. The summed E-state index contributed by atoms with van der Waals surface area (Å²) in [6.07, 6.45) is -3.17. The quantitative estimate of drug-likeness (QED) is 0.0439. The van der Waals surface area contributed by atoms with Crippen molar-refractivity contribution in [1.29, 1.82) is 0 Å². The fourth-order valence-corrected chi connectivity index (χ4v) is 8.04. The lowest BCUT2D eigenvalue weighted by Crippen LogP contribution is -2.46. The number of carbonyl (C=O) groups excluding carboxylic acids is 3. The number of allylic oxidation sites excluding steroid dienone is 2. The molecule has 0 saturated carbocycles. The number of nitrogen functional groups attached to an aromatic ring is 1. The molecule has 0 aliphatic carbocycles. The number of anilines is 1. The summed E-state index contributed by atoms with van der Waals surface area (Å²) < 4.78 is 62.0. The molecule has 0 radical (unpaired) electrons. The minimum absolute atomic E-state index is 0.0304. The number of thioether (sulfide) groups is 1. The highest BCUT2D eigenvalue weighted by atomic mass is 32.2. The van der Waals surface area contributed by atoms with E-state index in [0.717, 1.165) is 29.0 Å². The van der Waals surface area contributed by atoms with Gasteiger partial charge in [-0.25, -0.2) is 28.6 Å². The summed E-state index contributed by atoms with van der Waals surface area (Å²) in [6, 6.07) is 0. The Morgan fingerprint density at radius 3 is 2.44 bits per heavy atom. The molecule has 304 valence electrons. The molecule has 54 heavy (non-hydrogen) atoms. The van der Waals surface area contributed by atoms with E-state index < -0.39 is 84.6 Å². The maximum absolute atomic E-state index is 12.6. The molecule has 0 spiro atoms. The van der Waals surface area contributed by atoms with Gasteiger partial charge in [0.05, 0.1) is 19.5 Å². The van der Waals surface area contributed by atoms with E-state index in [-0.39, 0.29) is 48.0 Å². The van der Waals surface area contributed by atoms with Gasteiger partial charge in [-0.1, -0.05) is 37.8 Å². The maximum atomic E-state index is 12.6. The largest absolute Gasteiger partial charge is 0.481 e. The molecule has 0 aromatic carbocycles. The van der Waals surface area contributed by atoms with E-state index in [1.165, 1.54) is 13.8 Å². The molecule has 28 heteroatoms. The topological polar surface area (TPSA) is 364 Å². The van der Waals surface area contributed by atoms with Gasteiger partial charge in [-0.2, -0.15) is 4.31 Å². The lowest BCUT2D eigenvalue weighted by atomic mass is 9.87. The Hall–Kier alpha value is -2.70. The van der Waals surface area contributed by atoms with Crippen LogP contribution in [-0.4, -0.2) is 123 Å². The standard InChI is InChI=1S/C26H42N7O17P3S/c1-4-5-6-17(35)54-10-9-28-16(34)7-8-29-24(38)21(37)26(2,3)12-47-53(44,45)50-52(42,43)46-11-15-20(49-51(39,40)41)19(36)25(48-15)33-14-32-18-22(27)30-13-31-23(18)33/h4-5,13-15,19-21,25,36-37H,6-12H2,1-3H3,(H,28,34)(H,29,38)(H,42,43)(H,44,45)(H2,27,30,31)(H2,39,40,41)/t15-,19-,20-,21+,25-/m1/s1. The number of phosphoric acid groups is 3. The lowest BCUT2D eigenvalue weighted by Gasteiger charge is -2.30. The smallest absolute Gasteiger partial charge is 0.386 e. The van der Waals surface area contributed by atoms with Gasteiger partial charge in [-0.3, -0.25) is 32.5 Å². The third kappa shape index (κ3) is 13.8. The van der Waals surface area contributed by atoms with Crippen molar-refractivity contribution in [1.82, 2.24) is 30.2 Å². The summed E-state index contributed by atoms with van der Waals surface area (Å²) in [6.45, 7) is 2.29. The Bertz CT molecular complexity index is 1810. The SMILES string of the molecule is CC=CCC(=O)SCCNC(=O)CCNC(=O)[C@H](O)C(C)(C)COP(=O)(O)OP(=O)(O)OC[C@H]1O[C@@H](n2cnc3c(N)ncnc32)[C@H](O)[C@@H]1OP(=O)(O)O. The molecule has 2 amide bonds. The molecule has 1 aliphatic heterocycles. The normalized spacial score (nSPS) is 22.2. The highest BCUT2D eigenvalue weighted by Gasteiger charge is 2.50. The first-order valence-corrected chi connectivity index (χ1v) is 21.2. The van der Waals surface area contributed by atoms with Crippen LogP contribution in [0.25, 0.3) is 11.2 Å². The molecule has 2 unspecified atom stereocenters. The van der Waals surface area contributed by atoms with Crippen molar-refractivity contribution in [2.24, 2.45) is 5.41 Å². The molecule has 0 bridgehead atoms. The van der Waals surface area contributed by atoms with Gasteiger partial charge in [-0.15, -0.1) is 0 Å². The van der Waals surface area contributed by atoms with E-state index in [4.69, 9.17) is 19.5 Å². The number of aromatic nitrogens is 4. The summed E-state index contributed by atoms with van der Waals surface area (Å²) in [5, 5.41) is 26.2. The second-order valence-corrected chi connectivity index (χ2v) is 17.5. The predicted octanol–water partition coefficient (Wildman–Crippen LogP) is -0.369. The highest BCUT2D eigenvalue weighted by molar-refractivity contribution is 8.13. The summed E-state index contributed by atoms with van der Waals surface area (Å²) in [4.78, 5) is 87.0. The summed E-state index contributed by atoms with van der Waals surface area (Å²) in [7, 11) is -16.4. The van der Waals surface area contributed by atoms with Crippen LogP contribution in [0.1, 0.15) is 39.8 Å². The average Bonchev–Trinajstić information content (AvgIpc) is 3.63. The van der Waals surface area contributed by atoms with Gasteiger partial charge in [0.2, 0.25) is 11.8 Å². The number of carbonyl (C=O) groups is 3. The van der Waals surface area contributed by atoms with Gasteiger partial charge >= 0.3 is 23.5 Å². The molecule has 1 aliphatic rings. The average molecular weight is 850 g/mol. The number of aliphatic hydroxyl groups is 2. The van der Waals surface area contributed by atoms with Crippen LogP contribution in [0.4, 0.5) is 5.82 Å². The maximum Gasteiger partial charge on any atom is 0.481 e. The first-order valence-electron chi connectivity index (χ1n) is 15.7. The number of hydrogen-bond acceptors (Lipinski definition) is 18. The van der Waals surface area contributed by atoms with E-state index in [2.05, 4.69) is 34.4 Å². The van der Waals surface area contributed by atoms with Crippen LogP contribution < -0.4 is 16.4 Å². The predicted molar refractivity (Wildman–Crippen MR) is 187 cm³/mol. The number of hydrogen-bond donors (Lipinski definition) is 9. The van der Waals surface area contributed by atoms with Crippen LogP contribution >= 0.6 is 35.2 Å². The molecule has 10 N–H and O–H groups in total. The fourth-order valence-electron chi connectivity index (χ4n) is 4.57. The van der Waals surface area contributed by atoms with E-state index >= 15 is 0 Å². The van der Waals surface area contributed by atoms with Gasteiger partial charge in [0.25, 0.3) is 0 Å². The Kier molecular flexibility index (Phi) is 16.4. The fraction of sp³-hybridized carbons (Fsp3) is 0.615. The molecular formula is C26H42N7O17P3S. The summed E-state index contributed by atoms with van der Waals surface area (Å²) in [5.74, 6) is -1.10. The number of aliphatic hydroxyl groups excluding tert-OH is 2.